The first-order valence-electron chi connectivity index (χ1n) is 8.96. The summed E-state index contributed by atoms with van der Waals surface area (Å²) in [5.41, 5.74) is 2.35. The third kappa shape index (κ3) is 5.39. The number of nitrogens with zero attached hydrogens (tertiary/aromatic N) is 1. The van der Waals surface area contributed by atoms with Crippen LogP contribution in [-0.4, -0.2) is 49.0 Å². The van der Waals surface area contributed by atoms with E-state index in [1.54, 1.807) is 55.5 Å². The van der Waals surface area contributed by atoms with E-state index in [1.165, 1.54) is 14.2 Å². The van der Waals surface area contributed by atoms with Crippen LogP contribution in [0.1, 0.15) is 45.2 Å². The lowest BCUT2D eigenvalue weighted by atomic mass is 10.1. The number of likely N-dealkylation sites (N-methyl/N-ethyl adjacent to an activating group) is 1. The van der Waals surface area contributed by atoms with E-state index in [-0.39, 0.29) is 6.42 Å². The Labute approximate surface area is 169 Å². The van der Waals surface area contributed by atoms with Gasteiger partial charge in [0.25, 0.3) is 5.91 Å². The summed E-state index contributed by atoms with van der Waals surface area (Å²) in [4.78, 5) is 48.4. The highest BCUT2D eigenvalue weighted by molar-refractivity contribution is 6.07. The second kappa shape index (κ2) is 10.00. The Morgan fingerprint density at radius 1 is 1.00 bits per heavy atom. The summed E-state index contributed by atoms with van der Waals surface area (Å²) in [6.07, 6.45) is 0.878. The number of benzene rings is 2. The zero-order valence-corrected chi connectivity index (χ0v) is 16.5. The van der Waals surface area contributed by atoms with Crippen LogP contribution in [0.3, 0.4) is 0 Å². The van der Waals surface area contributed by atoms with E-state index >= 15 is 0 Å². The fourth-order valence-electron chi connectivity index (χ4n) is 2.62. The zero-order chi connectivity index (χ0) is 21.4. The molecule has 0 aliphatic heterocycles. The maximum atomic E-state index is 12.7. The molecule has 6 heteroatoms. The van der Waals surface area contributed by atoms with Gasteiger partial charge in [-0.05, 0) is 36.4 Å². The minimum atomic E-state index is -1.27. The number of methoxy groups -OCH3 is 1. The molecule has 0 radical (unpaired) electrons. The van der Waals surface area contributed by atoms with Gasteiger partial charge in [-0.15, -0.1) is 0 Å². The van der Waals surface area contributed by atoms with E-state index in [9.17, 15) is 19.2 Å². The zero-order valence-electron chi connectivity index (χ0n) is 16.5. The molecule has 0 aromatic heterocycles. The van der Waals surface area contributed by atoms with Crippen molar-refractivity contribution in [3.63, 3.8) is 0 Å². The van der Waals surface area contributed by atoms with Gasteiger partial charge in [0.15, 0.2) is 11.8 Å². The van der Waals surface area contributed by atoms with Crippen LogP contribution in [0.15, 0.2) is 48.5 Å². The normalized spacial score (nSPS) is 10.9. The largest absolute Gasteiger partial charge is 0.467 e. The maximum absolute atomic E-state index is 12.7. The fourth-order valence-corrected chi connectivity index (χ4v) is 2.62. The molecule has 0 aliphatic rings. The molecule has 6 nitrogen and oxygen atoms in total. The van der Waals surface area contributed by atoms with Crippen LogP contribution in [0.25, 0.3) is 0 Å². The molecule has 0 bridgehead atoms. The van der Waals surface area contributed by atoms with Crippen molar-refractivity contribution in [1.82, 2.24) is 4.90 Å². The average molecular weight is 391 g/mol. The van der Waals surface area contributed by atoms with Crippen molar-refractivity contribution in [3.05, 3.63) is 70.8 Å². The Morgan fingerprint density at radius 3 is 1.97 bits per heavy atom. The first kappa shape index (κ1) is 21.6. The van der Waals surface area contributed by atoms with E-state index in [0.717, 1.165) is 16.7 Å². The molecule has 2 rings (SSSR count). The second-order valence-electron chi connectivity index (χ2n) is 6.23. The lowest BCUT2D eigenvalue weighted by Crippen LogP contribution is -2.48. The summed E-state index contributed by atoms with van der Waals surface area (Å²) in [6.45, 7) is 1.62. The number of ketones is 1. The number of carbonyl (C=O) groups is 4. The molecular formula is C23H21NO5. The predicted octanol–water partition coefficient (Wildman–Crippen LogP) is 2.49. The van der Waals surface area contributed by atoms with Crippen LogP contribution in [0.5, 0.6) is 0 Å². The van der Waals surface area contributed by atoms with Gasteiger partial charge in [-0.25, -0.2) is 4.79 Å². The summed E-state index contributed by atoms with van der Waals surface area (Å²) in [7, 11) is 2.57. The molecular weight excluding hydrogens is 370 g/mol. The summed E-state index contributed by atoms with van der Waals surface area (Å²) < 4.78 is 4.66. The van der Waals surface area contributed by atoms with Gasteiger partial charge in [0.1, 0.15) is 6.29 Å². The van der Waals surface area contributed by atoms with Crippen LogP contribution in [0.4, 0.5) is 0 Å². The number of rotatable bonds is 6. The van der Waals surface area contributed by atoms with Gasteiger partial charge in [-0.3, -0.25) is 14.4 Å². The number of hydrogen-bond acceptors (Lipinski definition) is 5. The summed E-state index contributed by atoms with van der Waals surface area (Å²) in [6, 6.07) is 12.1. The number of aldehydes is 1. The van der Waals surface area contributed by atoms with Crippen LogP contribution >= 0.6 is 0 Å². The molecule has 0 aliphatic carbocycles. The topological polar surface area (TPSA) is 80.8 Å². The number of esters is 1. The van der Waals surface area contributed by atoms with Crippen LogP contribution in [0, 0.1) is 11.8 Å². The molecule has 29 heavy (non-hydrogen) atoms. The Bertz CT molecular complexity index is 949. The number of ether oxygens (including phenoxy) is 1. The fraction of sp³-hybridized carbons (Fsp3) is 0.217. The number of carbonyl (C=O) groups excluding carboxylic acids is 4. The van der Waals surface area contributed by atoms with Gasteiger partial charge in [0.05, 0.1) is 7.11 Å². The third-order valence-electron chi connectivity index (χ3n) is 4.32. The molecule has 1 amide bonds. The van der Waals surface area contributed by atoms with Crippen LogP contribution < -0.4 is 0 Å². The molecule has 148 valence electrons. The molecule has 0 N–H and O–H groups in total. The SMILES string of the molecule is CCC(=O)C(C(=O)OC)N(C)C(=O)c1ccc(C#Cc2ccc(C=O)cc2)cc1. The number of Topliss-reactive ketones (excluding diaryl/α,β-unsaturated/α-hetero) is 1. The third-order valence-corrected chi connectivity index (χ3v) is 4.32. The van der Waals surface area contributed by atoms with Gasteiger partial charge < -0.3 is 9.64 Å². The first-order valence-corrected chi connectivity index (χ1v) is 8.96. The molecule has 2 aromatic rings. The smallest absolute Gasteiger partial charge is 0.336 e. The Morgan fingerprint density at radius 2 is 1.52 bits per heavy atom. The lowest BCUT2D eigenvalue weighted by molar-refractivity contribution is -0.149. The van der Waals surface area contributed by atoms with Gasteiger partial charge in [-0.1, -0.05) is 30.9 Å². The maximum Gasteiger partial charge on any atom is 0.336 e. The first-order chi connectivity index (χ1) is 13.9. The monoisotopic (exact) mass is 391 g/mol. The number of amides is 1. The van der Waals surface area contributed by atoms with Crippen molar-refractivity contribution in [2.75, 3.05) is 14.2 Å². The second-order valence-corrected chi connectivity index (χ2v) is 6.23. The lowest BCUT2D eigenvalue weighted by Gasteiger charge is -2.24. The van der Waals surface area contributed by atoms with E-state index in [2.05, 4.69) is 16.6 Å². The minimum absolute atomic E-state index is 0.111. The highest BCUT2D eigenvalue weighted by atomic mass is 16.5. The molecule has 0 spiro atoms. The van der Waals surface area contributed by atoms with E-state index < -0.39 is 23.7 Å². The molecule has 1 atom stereocenters. The Kier molecular flexibility index (Phi) is 7.44. The molecule has 2 aromatic carbocycles. The van der Waals surface area contributed by atoms with Gasteiger partial charge in [0, 0.05) is 35.7 Å². The molecule has 0 saturated heterocycles. The van der Waals surface area contributed by atoms with Crippen molar-refractivity contribution < 1.29 is 23.9 Å². The average Bonchev–Trinajstić information content (AvgIpc) is 2.77. The molecule has 0 fully saturated rings. The number of hydrogen-bond donors (Lipinski definition) is 0. The van der Waals surface area contributed by atoms with E-state index in [1.807, 2.05) is 0 Å². The summed E-state index contributed by atoms with van der Waals surface area (Å²) in [5.74, 6) is 4.33. The van der Waals surface area contributed by atoms with Crippen molar-refractivity contribution in [2.24, 2.45) is 0 Å². The Balaban J connectivity index is 2.17. The minimum Gasteiger partial charge on any atom is -0.467 e. The molecule has 1 unspecified atom stereocenters. The molecule has 0 heterocycles. The summed E-state index contributed by atoms with van der Waals surface area (Å²) >= 11 is 0. The predicted molar refractivity (Wildman–Crippen MR) is 107 cm³/mol. The van der Waals surface area contributed by atoms with Crippen molar-refractivity contribution in [3.8, 4) is 11.8 Å². The highest BCUT2D eigenvalue weighted by Crippen LogP contribution is 2.12. The highest BCUT2D eigenvalue weighted by Gasteiger charge is 2.33. The van der Waals surface area contributed by atoms with Crippen molar-refractivity contribution >= 4 is 23.9 Å². The van der Waals surface area contributed by atoms with Crippen LogP contribution in [-0.2, 0) is 14.3 Å². The van der Waals surface area contributed by atoms with Gasteiger partial charge in [-0.2, -0.15) is 0 Å². The van der Waals surface area contributed by atoms with Gasteiger partial charge in [0.2, 0.25) is 0 Å². The van der Waals surface area contributed by atoms with Crippen molar-refractivity contribution in [1.29, 1.82) is 0 Å². The standard InChI is InChI=1S/C23H21NO5/c1-4-20(26)21(23(28)29-3)24(2)22(27)19-13-11-17(12-14-19)6-5-16-7-9-18(15-25)10-8-16/h7-15,21H,4H2,1-3H3. The summed E-state index contributed by atoms with van der Waals surface area (Å²) in [5, 5.41) is 0. The molecule has 0 saturated carbocycles. The van der Waals surface area contributed by atoms with Crippen molar-refractivity contribution in [2.45, 2.75) is 19.4 Å². The quantitative estimate of drug-likeness (QED) is 0.327. The Hall–Kier alpha value is -3.72. The van der Waals surface area contributed by atoms with E-state index in [0.29, 0.717) is 16.7 Å². The van der Waals surface area contributed by atoms with Gasteiger partial charge >= 0.3 is 5.97 Å². The van der Waals surface area contributed by atoms with E-state index in [4.69, 9.17) is 0 Å². The van der Waals surface area contributed by atoms with Crippen LogP contribution in [0.2, 0.25) is 0 Å².